The van der Waals surface area contributed by atoms with Gasteiger partial charge in [-0.05, 0) is 55.3 Å². The second-order valence-electron chi connectivity index (χ2n) is 4.92. The highest BCUT2D eigenvalue weighted by Gasteiger charge is 2.12. The molecule has 0 fully saturated rings. The van der Waals surface area contributed by atoms with E-state index in [1.165, 1.54) is 18.3 Å². The average Bonchev–Trinajstić information content (AvgIpc) is 2.48. The summed E-state index contributed by atoms with van der Waals surface area (Å²) >= 11 is 0. The molecule has 0 aliphatic rings. The van der Waals surface area contributed by atoms with Crippen LogP contribution < -0.4 is 10.2 Å². The van der Waals surface area contributed by atoms with Crippen molar-refractivity contribution in [1.29, 1.82) is 0 Å². The van der Waals surface area contributed by atoms with Crippen LogP contribution in [-0.2, 0) is 0 Å². The van der Waals surface area contributed by atoms with E-state index in [0.717, 1.165) is 11.3 Å². The van der Waals surface area contributed by atoms with Crippen LogP contribution in [0.2, 0.25) is 0 Å². The molecule has 0 saturated carbocycles. The number of carbonyl (C=O) groups is 1. The minimum atomic E-state index is -0.302. The van der Waals surface area contributed by atoms with E-state index in [0.29, 0.717) is 12.1 Å². The van der Waals surface area contributed by atoms with Crippen molar-refractivity contribution in [2.75, 3.05) is 11.4 Å². The van der Waals surface area contributed by atoms with Crippen molar-refractivity contribution in [3.05, 3.63) is 71.7 Å². The fraction of sp³-hybridized carbons (Fsp3) is 0.167. The molecule has 0 bridgehead atoms. The zero-order valence-corrected chi connectivity index (χ0v) is 12.7. The first-order valence-corrected chi connectivity index (χ1v) is 7.17. The number of nitrogens with zero attached hydrogens (tertiary/aromatic N) is 1. The van der Waals surface area contributed by atoms with E-state index in [1.54, 1.807) is 23.1 Å². The molecule has 0 atom stereocenters. The van der Waals surface area contributed by atoms with Crippen molar-refractivity contribution in [3.8, 4) is 0 Å². The quantitative estimate of drug-likeness (QED) is 0.894. The number of halogens is 1. The normalized spacial score (nSPS) is 10.7. The highest BCUT2D eigenvalue weighted by molar-refractivity contribution is 5.92. The summed E-state index contributed by atoms with van der Waals surface area (Å²) in [6.07, 6.45) is 3.18. The number of rotatable bonds is 4. The van der Waals surface area contributed by atoms with Crippen LogP contribution >= 0.6 is 0 Å². The summed E-state index contributed by atoms with van der Waals surface area (Å²) < 4.78 is 13.1. The number of carbonyl (C=O) groups excluding carboxylic acids is 1. The standard InChI is InChI=1S/C18H19FN2O/c1-3-21(17-9-4-6-14(2)12-17)18(22)20-11-10-15-7-5-8-16(19)13-15/h4-13H,3H2,1-2H3,(H,20,22)/b11-10+. The van der Waals surface area contributed by atoms with Crippen LogP contribution in [0.5, 0.6) is 0 Å². The molecule has 0 spiro atoms. The van der Waals surface area contributed by atoms with Gasteiger partial charge in [-0.2, -0.15) is 0 Å². The maximum absolute atomic E-state index is 13.1. The molecule has 0 aromatic heterocycles. The first-order valence-electron chi connectivity index (χ1n) is 7.17. The Bertz CT molecular complexity index is 682. The summed E-state index contributed by atoms with van der Waals surface area (Å²) in [5.41, 5.74) is 2.64. The highest BCUT2D eigenvalue weighted by Crippen LogP contribution is 2.15. The van der Waals surface area contributed by atoms with Crippen molar-refractivity contribution in [1.82, 2.24) is 5.32 Å². The monoisotopic (exact) mass is 298 g/mol. The Morgan fingerprint density at radius 3 is 2.68 bits per heavy atom. The Hall–Kier alpha value is -2.62. The highest BCUT2D eigenvalue weighted by atomic mass is 19.1. The molecule has 0 aliphatic carbocycles. The summed E-state index contributed by atoms with van der Waals surface area (Å²) in [5.74, 6) is -0.302. The molecule has 2 aromatic rings. The van der Waals surface area contributed by atoms with Crippen LogP contribution in [0, 0.1) is 12.7 Å². The van der Waals surface area contributed by atoms with Gasteiger partial charge in [-0.25, -0.2) is 9.18 Å². The van der Waals surface area contributed by atoms with Crippen molar-refractivity contribution in [2.45, 2.75) is 13.8 Å². The SMILES string of the molecule is CCN(C(=O)N/C=C/c1cccc(F)c1)c1cccc(C)c1. The van der Waals surface area contributed by atoms with E-state index in [9.17, 15) is 9.18 Å². The first-order chi connectivity index (χ1) is 10.6. The summed E-state index contributed by atoms with van der Waals surface area (Å²) in [6.45, 7) is 4.46. The Kier molecular flexibility index (Phi) is 5.31. The number of benzene rings is 2. The Labute approximate surface area is 130 Å². The zero-order valence-electron chi connectivity index (χ0n) is 12.7. The molecule has 2 amide bonds. The fourth-order valence-corrected chi connectivity index (χ4v) is 2.14. The largest absolute Gasteiger partial charge is 0.325 e. The Morgan fingerprint density at radius 2 is 2.00 bits per heavy atom. The van der Waals surface area contributed by atoms with Crippen molar-refractivity contribution in [3.63, 3.8) is 0 Å². The molecule has 2 aromatic carbocycles. The molecule has 1 N–H and O–H groups in total. The number of hydrogen-bond donors (Lipinski definition) is 1. The number of amides is 2. The third-order valence-corrected chi connectivity index (χ3v) is 3.21. The molecule has 114 valence electrons. The molecule has 0 radical (unpaired) electrons. The summed E-state index contributed by atoms with van der Waals surface area (Å²) in [4.78, 5) is 13.9. The van der Waals surface area contributed by atoms with Crippen LogP contribution in [-0.4, -0.2) is 12.6 Å². The van der Waals surface area contributed by atoms with Gasteiger partial charge >= 0.3 is 6.03 Å². The summed E-state index contributed by atoms with van der Waals surface area (Å²) in [7, 11) is 0. The number of anilines is 1. The third-order valence-electron chi connectivity index (χ3n) is 3.21. The topological polar surface area (TPSA) is 32.3 Å². The van der Waals surface area contributed by atoms with Gasteiger partial charge in [0.25, 0.3) is 0 Å². The van der Waals surface area contributed by atoms with Crippen molar-refractivity contribution >= 4 is 17.8 Å². The average molecular weight is 298 g/mol. The van der Waals surface area contributed by atoms with E-state index < -0.39 is 0 Å². The maximum atomic E-state index is 13.1. The van der Waals surface area contributed by atoms with Crippen LogP contribution in [0.1, 0.15) is 18.1 Å². The second kappa shape index (κ2) is 7.41. The van der Waals surface area contributed by atoms with E-state index in [-0.39, 0.29) is 11.8 Å². The van der Waals surface area contributed by atoms with Gasteiger partial charge in [0.05, 0.1) is 0 Å². The second-order valence-corrected chi connectivity index (χ2v) is 4.92. The van der Waals surface area contributed by atoms with E-state index in [1.807, 2.05) is 38.1 Å². The number of urea groups is 1. The fourth-order valence-electron chi connectivity index (χ4n) is 2.14. The lowest BCUT2D eigenvalue weighted by Crippen LogP contribution is -2.37. The third kappa shape index (κ3) is 4.19. The molecule has 2 rings (SSSR count). The van der Waals surface area contributed by atoms with Crippen LogP contribution in [0.3, 0.4) is 0 Å². The van der Waals surface area contributed by atoms with Gasteiger partial charge in [0.15, 0.2) is 0 Å². The number of hydrogen-bond acceptors (Lipinski definition) is 1. The molecule has 0 unspecified atom stereocenters. The van der Waals surface area contributed by atoms with Gasteiger partial charge in [0.1, 0.15) is 5.82 Å². The van der Waals surface area contributed by atoms with Gasteiger partial charge in [0, 0.05) is 18.4 Å². The van der Waals surface area contributed by atoms with Gasteiger partial charge in [0.2, 0.25) is 0 Å². The molecule has 0 aliphatic heterocycles. The molecule has 22 heavy (non-hydrogen) atoms. The Morgan fingerprint density at radius 1 is 1.23 bits per heavy atom. The smallest absolute Gasteiger partial charge is 0.314 e. The van der Waals surface area contributed by atoms with Crippen molar-refractivity contribution < 1.29 is 9.18 Å². The van der Waals surface area contributed by atoms with Crippen LogP contribution in [0.25, 0.3) is 6.08 Å². The zero-order chi connectivity index (χ0) is 15.9. The molecule has 0 heterocycles. The minimum absolute atomic E-state index is 0.222. The van der Waals surface area contributed by atoms with Crippen molar-refractivity contribution in [2.24, 2.45) is 0 Å². The summed E-state index contributed by atoms with van der Waals surface area (Å²) in [6, 6.07) is 13.7. The lowest BCUT2D eigenvalue weighted by molar-refractivity contribution is 0.249. The predicted octanol–water partition coefficient (Wildman–Crippen LogP) is 4.34. The molecule has 4 heteroatoms. The molecular formula is C18H19FN2O. The van der Waals surface area contributed by atoms with Gasteiger partial charge in [-0.1, -0.05) is 24.3 Å². The lowest BCUT2D eigenvalue weighted by Gasteiger charge is -2.20. The van der Waals surface area contributed by atoms with Gasteiger partial charge in [-0.3, -0.25) is 4.90 Å². The first kappa shape index (κ1) is 15.8. The molecule has 3 nitrogen and oxygen atoms in total. The summed E-state index contributed by atoms with van der Waals surface area (Å²) in [5, 5.41) is 2.70. The maximum Gasteiger partial charge on any atom is 0.325 e. The van der Waals surface area contributed by atoms with E-state index in [4.69, 9.17) is 0 Å². The number of nitrogens with one attached hydrogen (secondary N) is 1. The van der Waals surface area contributed by atoms with Gasteiger partial charge < -0.3 is 5.32 Å². The minimum Gasteiger partial charge on any atom is -0.314 e. The van der Waals surface area contributed by atoms with Crippen LogP contribution in [0.4, 0.5) is 14.9 Å². The lowest BCUT2D eigenvalue weighted by atomic mass is 10.2. The number of aryl methyl sites for hydroxylation is 1. The Balaban J connectivity index is 2.04. The molecule has 0 saturated heterocycles. The molecular weight excluding hydrogens is 279 g/mol. The van der Waals surface area contributed by atoms with E-state index in [2.05, 4.69) is 5.32 Å². The van der Waals surface area contributed by atoms with Crippen LogP contribution in [0.15, 0.2) is 54.7 Å². The predicted molar refractivity (Wildman–Crippen MR) is 88.2 cm³/mol. The van der Waals surface area contributed by atoms with Gasteiger partial charge in [-0.15, -0.1) is 0 Å². The van der Waals surface area contributed by atoms with E-state index >= 15 is 0 Å².